The molecule has 0 bridgehead atoms. The maximum atomic E-state index is 12.2. The molecule has 3 aromatic rings. The Hall–Kier alpha value is -3.65. The van der Waals surface area contributed by atoms with Gasteiger partial charge in [-0.2, -0.15) is 4.98 Å². The monoisotopic (exact) mass is 422 g/mol. The molecular weight excluding hydrogens is 396 g/mol. The van der Waals surface area contributed by atoms with E-state index in [1.807, 2.05) is 25.1 Å². The Bertz CT molecular complexity index is 1120. The van der Waals surface area contributed by atoms with Gasteiger partial charge in [0.25, 0.3) is 5.91 Å². The third-order valence-electron chi connectivity index (χ3n) is 4.63. The fourth-order valence-corrected chi connectivity index (χ4v) is 2.95. The number of amides is 1. The number of aromatic hydroxyl groups is 1. The first-order valence-electron chi connectivity index (χ1n) is 9.88. The van der Waals surface area contributed by atoms with Gasteiger partial charge in [-0.1, -0.05) is 12.1 Å². The van der Waals surface area contributed by atoms with Gasteiger partial charge in [0.15, 0.2) is 6.61 Å². The van der Waals surface area contributed by atoms with Crippen LogP contribution in [-0.2, 0) is 4.79 Å². The van der Waals surface area contributed by atoms with Gasteiger partial charge in [-0.3, -0.25) is 4.79 Å². The summed E-state index contributed by atoms with van der Waals surface area (Å²) in [5, 5.41) is 12.5. The second-order valence-corrected chi connectivity index (χ2v) is 7.46. The number of rotatable bonds is 8. The maximum Gasteiger partial charge on any atom is 0.345 e. The lowest BCUT2D eigenvalue weighted by molar-refractivity contribution is -0.123. The molecule has 2 aromatic carbocycles. The number of hydrogen-bond acceptors (Lipinski definition) is 6. The predicted molar refractivity (Wildman–Crippen MR) is 119 cm³/mol. The van der Waals surface area contributed by atoms with Crippen LogP contribution in [0.2, 0.25) is 0 Å². The Morgan fingerprint density at radius 3 is 2.71 bits per heavy atom. The highest BCUT2D eigenvalue weighted by Gasteiger charge is 2.09. The van der Waals surface area contributed by atoms with Crippen molar-refractivity contribution in [1.29, 1.82) is 0 Å². The van der Waals surface area contributed by atoms with E-state index in [1.165, 1.54) is 0 Å². The van der Waals surface area contributed by atoms with Crippen LogP contribution in [-0.4, -0.2) is 59.7 Å². The van der Waals surface area contributed by atoms with Crippen LogP contribution in [0.5, 0.6) is 11.5 Å². The van der Waals surface area contributed by atoms with E-state index in [1.54, 1.807) is 49.4 Å². The first-order valence-corrected chi connectivity index (χ1v) is 9.88. The molecule has 0 aliphatic heterocycles. The number of aromatic nitrogens is 2. The fraction of sp³-hybridized carbons (Fsp3) is 0.261. The lowest BCUT2D eigenvalue weighted by atomic mass is 10.1. The Morgan fingerprint density at radius 2 is 1.97 bits per heavy atom. The molecule has 1 amide bonds. The van der Waals surface area contributed by atoms with Crippen LogP contribution >= 0.6 is 0 Å². The highest BCUT2D eigenvalue weighted by Crippen LogP contribution is 2.27. The molecule has 8 nitrogen and oxygen atoms in total. The molecule has 0 aliphatic rings. The predicted octanol–water partition coefficient (Wildman–Crippen LogP) is 2.17. The van der Waals surface area contributed by atoms with Crippen molar-refractivity contribution in [2.75, 3.05) is 33.8 Å². The largest absolute Gasteiger partial charge is 0.508 e. The van der Waals surface area contributed by atoms with Gasteiger partial charge in [-0.15, -0.1) is 0 Å². The number of carbonyl (C=O) groups excluding carboxylic acids is 1. The first-order chi connectivity index (χ1) is 14.8. The second-order valence-electron chi connectivity index (χ2n) is 7.46. The molecule has 8 heteroatoms. The molecule has 162 valence electrons. The third kappa shape index (κ3) is 6.16. The molecule has 0 saturated heterocycles. The van der Waals surface area contributed by atoms with Crippen molar-refractivity contribution in [2.24, 2.45) is 0 Å². The minimum Gasteiger partial charge on any atom is -0.508 e. The number of benzene rings is 2. The average Bonchev–Trinajstić information content (AvgIpc) is 2.74. The van der Waals surface area contributed by atoms with Gasteiger partial charge in [0.1, 0.15) is 11.5 Å². The van der Waals surface area contributed by atoms with Crippen LogP contribution in [0.1, 0.15) is 5.56 Å². The van der Waals surface area contributed by atoms with Crippen LogP contribution in [0, 0.1) is 6.92 Å². The molecule has 1 heterocycles. The van der Waals surface area contributed by atoms with E-state index in [0.29, 0.717) is 29.2 Å². The molecule has 31 heavy (non-hydrogen) atoms. The molecule has 0 saturated carbocycles. The molecule has 0 aliphatic carbocycles. The standard InChI is InChI=1S/C23H26N4O4/c1-15-11-17(7-8-21(15)28)20-13-19(25-23(30)26-20)16-5-4-6-18(12-16)31-14-22(29)24-9-10-27(2)3/h4-8,11-13,28H,9-10,14H2,1-3H3,(H,24,29)(H,25,26,30). The normalized spacial score (nSPS) is 10.8. The van der Waals surface area contributed by atoms with Crippen molar-refractivity contribution >= 4 is 5.91 Å². The SMILES string of the molecule is Cc1cc(-c2cc(-c3cccc(OCC(=O)NCCN(C)C)c3)[nH]c(=O)n2)ccc1O. The number of aromatic amines is 1. The van der Waals surface area contributed by atoms with Crippen LogP contribution in [0.15, 0.2) is 53.3 Å². The Kier molecular flexibility index (Phi) is 7.04. The van der Waals surface area contributed by atoms with Crippen LogP contribution in [0.4, 0.5) is 0 Å². The molecule has 3 rings (SSSR count). The maximum absolute atomic E-state index is 12.2. The Balaban J connectivity index is 1.76. The van der Waals surface area contributed by atoms with Gasteiger partial charge in [0.2, 0.25) is 0 Å². The second kappa shape index (κ2) is 9.90. The number of ether oxygens (including phenoxy) is 1. The van der Waals surface area contributed by atoms with Gasteiger partial charge >= 0.3 is 5.69 Å². The smallest absolute Gasteiger partial charge is 0.345 e. The van der Waals surface area contributed by atoms with Crippen LogP contribution in [0.25, 0.3) is 22.5 Å². The summed E-state index contributed by atoms with van der Waals surface area (Å²) in [6.45, 7) is 2.98. The molecule has 0 radical (unpaired) electrons. The van der Waals surface area contributed by atoms with Crippen molar-refractivity contribution in [3.8, 4) is 34.0 Å². The molecule has 0 unspecified atom stereocenters. The van der Waals surface area contributed by atoms with Gasteiger partial charge in [0.05, 0.1) is 11.4 Å². The number of carbonyl (C=O) groups is 1. The van der Waals surface area contributed by atoms with Gasteiger partial charge in [0, 0.05) is 24.2 Å². The van der Waals surface area contributed by atoms with Crippen molar-refractivity contribution in [3.63, 3.8) is 0 Å². The first kappa shape index (κ1) is 22.0. The van der Waals surface area contributed by atoms with Gasteiger partial charge in [-0.05, 0) is 63.0 Å². The van der Waals surface area contributed by atoms with E-state index in [-0.39, 0.29) is 18.3 Å². The summed E-state index contributed by atoms with van der Waals surface area (Å²) >= 11 is 0. The van der Waals surface area contributed by atoms with Crippen molar-refractivity contribution in [3.05, 3.63) is 64.6 Å². The number of phenols is 1. The highest BCUT2D eigenvalue weighted by molar-refractivity contribution is 5.77. The summed E-state index contributed by atoms with van der Waals surface area (Å²) in [6.07, 6.45) is 0. The van der Waals surface area contributed by atoms with Gasteiger partial charge < -0.3 is 25.0 Å². The van der Waals surface area contributed by atoms with E-state index >= 15 is 0 Å². The lowest BCUT2D eigenvalue weighted by Crippen LogP contribution is -2.34. The summed E-state index contributed by atoms with van der Waals surface area (Å²) in [4.78, 5) is 32.8. The van der Waals surface area contributed by atoms with Crippen LogP contribution < -0.4 is 15.7 Å². The zero-order valence-corrected chi connectivity index (χ0v) is 17.8. The lowest BCUT2D eigenvalue weighted by Gasteiger charge is -2.11. The van der Waals surface area contributed by atoms with E-state index in [9.17, 15) is 14.7 Å². The van der Waals surface area contributed by atoms with Crippen LogP contribution in [0.3, 0.4) is 0 Å². The van der Waals surface area contributed by atoms with E-state index in [2.05, 4.69) is 15.3 Å². The number of nitrogens with zero attached hydrogens (tertiary/aromatic N) is 2. The Labute approximate surface area is 180 Å². The minimum atomic E-state index is -0.482. The zero-order valence-electron chi connectivity index (χ0n) is 17.8. The summed E-state index contributed by atoms with van der Waals surface area (Å²) < 4.78 is 5.60. The number of phenolic OH excluding ortho intramolecular Hbond substituents is 1. The average molecular weight is 422 g/mol. The number of nitrogens with one attached hydrogen (secondary N) is 2. The van der Waals surface area contributed by atoms with E-state index in [4.69, 9.17) is 4.74 Å². The number of likely N-dealkylation sites (N-methyl/N-ethyl adjacent to an activating group) is 1. The summed E-state index contributed by atoms with van der Waals surface area (Å²) in [6, 6.07) is 14.0. The quantitative estimate of drug-likeness (QED) is 0.514. The van der Waals surface area contributed by atoms with Crippen molar-refractivity contribution in [2.45, 2.75) is 6.92 Å². The molecule has 0 spiro atoms. The zero-order chi connectivity index (χ0) is 22.4. The minimum absolute atomic E-state index is 0.0955. The fourth-order valence-electron chi connectivity index (χ4n) is 2.95. The summed E-state index contributed by atoms with van der Waals surface area (Å²) in [5.41, 5.74) is 2.73. The molecule has 0 fully saturated rings. The molecule has 1 aromatic heterocycles. The summed E-state index contributed by atoms with van der Waals surface area (Å²) in [5.74, 6) is 0.499. The molecule has 0 atom stereocenters. The topological polar surface area (TPSA) is 108 Å². The van der Waals surface area contributed by atoms with Gasteiger partial charge in [-0.25, -0.2) is 4.79 Å². The van der Waals surface area contributed by atoms with Crippen molar-refractivity contribution in [1.82, 2.24) is 20.2 Å². The summed E-state index contributed by atoms with van der Waals surface area (Å²) in [7, 11) is 3.87. The number of H-pyrrole nitrogens is 1. The Morgan fingerprint density at radius 1 is 1.16 bits per heavy atom. The number of aryl methyl sites for hydroxylation is 1. The molecule has 3 N–H and O–H groups in total. The molecular formula is C23H26N4O4. The highest BCUT2D eigenvalue weighted by atomic mass is 16.5. The van der Waals surface area contributed by atoms with E-state index < -0.39 is 5.69 Å². The van der Waals surface area contributed by atoms with E-state index in [0.717, 1.165) is 17.7 Å². The number of hydrogen-bond donors (Lipinski definition) is 3. The third-order valence-corrected chi connectivity index (χ3v) is 4.63. The van der Waals surface area contributed by atoms with Crippen molar-refractivity contribution < 1.29 is 14.6 Å².